The van der Waals surface area contributed by atoms with Gasteiger partial charge in [-0.15, -0.1) is 11.6 Å². The maximum Gasteiger partial charge on any atom is 0.330 e. The largest absolute Gasteiger partial charge is 0.469 e. The maximum atomic E-state index is 12.0. The molecule has 1 aliphatic heterocycles. The van der Waals surface area contributed by atoms with Crippen molar-refractivity contribution < 1.29 is 42.4 Å². The molecule has 1 aliphatic rings. The lowest BCUT2D eigenvalue weighted by Gasteiger charge is -2.37. The van der Waals surface area contributed by atoms with Gasteiger partial charge in [-0.25, -0.2) is 17.9 Å². The van der Waals surface area contributed by atoms with Crippen molar-refractivity contribution in [1.29, 1.82) is 0 Å². The van der Waals surface area contributed by atoms with Crippen molar-refractivity contribution in [2.45, 2.75) is 82.1 Å². The molecule has 1 fully saturated rings. The van der Waals surface area contributed by atoms with Crippen LogP contribution in [0.15, 0.2) is 12.2 Å². The fourth-order valence-corrected chi connectivity index (χ4v) is 5.03. The van der Waals surface area contributed by atoms with Gasteiger partial charge in [0.2, 0.25) is 10.0 Å². The summed E-state index contributed by atoms with van der Waals surface area (Å²) in [6, 6.07) is -0.964. The van der Waals surface area contributed by atoms with Crippen LogP contribution >= 0.6 is 11.6 Å². The predicted molar refractivity (Wildman–Crippen MR) is 127 cm³/mol. The summed E-state index contributed by atoms with van der Waals surface area (Å²) < 4.78 is 41.5. The van der Waals surface area contributed by atoms with Crippen molar-refractivity contribution in [3.8, 4) is 0 Å². The van der Waals surface area contributed by atoms with Crippen LogP contribution in [0.25, 0.3) is 0 Å². The van der Waals surface area contributed by atoms with E-state index in [2.05, 4.69) is 9.46 Å². The second-order valence-electron chi connectivity index (χ2n) is 8.19. The van der Waals surface area contributed by atoms with Crippen LogP contribution in [0.5, 0.6) is 0 Å². The first-order chi connectivity index (χ1) is 16.2. The van der Waals surface area contributed by atoms with Crippen molar-refractivity contribution in [1.82, 2.24) is 4.72 Å². The highest BCUT2D eigenvalue weighted by Gasteiger charge is 2.39. The summed E-state index contributed by atoms with van der Waals surface area (Å²) in [5.74, 6) is -0.676. The van der Waals surface area contributed by atoms with Crippen molar-refractivity contribution in [3.05, 3.63) is 12.2 Å². The van der Waals surface area contributed by atoms with Crippen LogP contribution in [-0.4, -0.2) is 86.9 Å². The Morgan fingerprint density at radius 2 is 1.76 bits per heavy atom. The number of alkyl halides is 1. The predicted octanol–water partition coefficient (Wildman–Crippen LogP) is 1.42. The van der Waals surface area contributed by atoms with Crippen LogP contribution < -0.4 is 4.72 Å². The van der Waals surface area contributed by atoms with E-state index in [0.29, 0.717) is 13.0 Å². The number of aliphatic hydroxyl groups is 2. The molecule has 0 amide bonds. The molecule has 1 saturated heterocycles. The SMILES string of the molecule is COC(=O)CCCCCCCCOC(=O)/C=C/C[C@@H]1OC[C@H](NS(=O)(=O)CCCCl)[C@@H](O)[C@H]1O. The summed E-state index contributed by atoms with van der Waals surface area (Å²) in [5.41, 5.74) is 0. The molecule has 34 heavy (non-hydrogen) atoms. The van der Waals surface area contributed by atoms with Crippen LogP contribution in [0.1, 0.15) is 57.8 Å². The number of aliphatic hydroxyl groups excluding tert-OH is 2. The van der Waals surface area contributed by atoms with Gasteiger partial charge < -0.3 is 24.4 Å². The summed E-state index contributed by atoms with van der Waals surface area (Å²) in [6.07, 6.45) is 5.62. The number of unbranched alkanes of at least 4 members (excludes halogenated alkanes) is 5. The summed E-state index contributed by atoms with van der Waals surface area (Å²) in [6.45, 7) is 0.197. The van der Waals surface area contributed by atoms with E-state index in [-0.39, 0.29) is 37.1 Å². The highest BCUT2D eigenvalue weighted by Crippen LogP contribution is 2.19. The molecule has 3 N–H and O–H groups in total. The van der Waals surface area contributed by atoms with E-state index >= 15 is 0 Å². The highest BCUT2D eigenvalue weighted by molar-refractivity contribution is 7.89. The lowest BCUT2D eigenvalue weighted by Crippen LogP contribution is -2.59. The van der Waals surface area contributed by atoms with E-state index in [0.717, 1.165) is 38.5 Å². The van der Waals surface area contributed by atoms with Gasteiger partial charge in [-0.1, -0.05) is 31.8 Å². The highest BCUT2D eigenvalue weighted by atomic mass is 35.5. The third-order valence-electron chi connectivity index (χ3n) is 5.38. The van der Waals surface area contributed by atoms with Gasteiger partial charge in [-0.2, -0.15) is 0 Å². The summed E-state index contributed by atoms with van der Waals surface area (Å²) in [7, 11) is -2.27. The van der Waals surface area contributed by atoms with Crippen LogP contribution in [0.3, 0.4) is 0 Å². The van der Waals surface area contributed by atoms with E-state index in [1.165, 1.54) is 19.3 Å². The molecule has 0 aliphatic carbocycles. The zero-order valence-electron chi connectivity index (χ0n) is 19.7. The number of carbonyl (C=O) groups excluding carboxylic acids is 2. The second-order valence-corrected chi connectivity index (χ2v) is 10.4. The fraction of sp³-hybridized carbons (Fsp3) is 0.818. The molecular weight excluding hydrogens is 490 g/mol. The number of ether oxygens (including phenoxy) is 3. The minimum atomic E-state index is -3.65. The zero-order chi connectivity index (χ0) is 25.4. The Balaban J connectivity index is 2.20. The van der Waals surface area contributed by atoms with Gasteiger partial charge in [0, 0.05) is 18.4 Å². The molecular formula is C22H38ClNO9S. The van der Waals surface area contributed by atoms with Crippen molar-refractivity contribution in [2.24, 2.45) is 0 Å². The number of carbonyl (C=O) groups is 2. The number of sulfonamides is 1. The standard InChI is InChI=1S/C22H38ClNO9S/c1-31-19(25)11-6-4-2-3-5-7-14-32-20(26)12-8-10-18-22(28)21(27)17(16-33-18)24-34(29,30)15-9-13-23/h8,12,17-18,21-22,24,27-28H,2-7,9-11,13-16H2,1H3/b12-8+/t17-,18-,21+,22-/m0/s1. The molecule has 1 rings (SSSR count). The van der Waals surface area contributed by atoms with E-state index < -0.39 is 40.3 Å². The van der Waals surface area contributed by atoms with Gasteiger partial charge >= 0.3 is 11.9 Å². The maximum absolute atomic E-state index is 12.0. The van der Waals surface area contributed by atoms with E-state index in [1.54, 1.807) is 0 Å². The number of hydrogen-bond acceptors (Lipinski definition) is 9. The first kappa shape index (κ1) is 30.8. The Labute approximate surface area is 207 Å². The van der Waals surface area contributed by atoms with Crippen molar-refractivity contribution in [3.63, 3.8) is 0 Å². The Bertz CT molecular complexity index is 732. The number of methoxy groups -OCH3 is 1. The monoisotopic (exact) mass is 527 g/mol. The molecule has 0 unspecified atom stereocenters. The van der Waals surface area contributed by atoms with Gasteiger partial charge in [0.15, 0.2) is 0 Å². The average molecular weight is 528 g/mol. The molecule has 0 saturated carbocycles. The number of nitrogens with one attached hydrogen (secondary N) is 1. The van der Waals surface area contributed by atoms with Gasteiger partial charge in [-0.3, -0.25) is 4.79 Å². The van der Waals surface area contributed by atoms with Crippen LogP contribution in [0.4, 0.5) is 0 Å². The molecule has 10 nitrogen and oxygen atoms in total. The average Bonchev–Trinajstić information content (AvgIpc) is 2.80. The van der Waals surface area contributed by atoms with Gasteiger partial charge in [0.05, 0.1) is 38.2 Å². The lowest BCUT2D eigenvalue weighted by atomic mass is 9.96. The minimum Gasteiger partial charge on any atom is -0.469 e. The molecule has 4 atom stereocenters. The summed E-state index contributed by atoms with van der Waals surface area (Å²) >= 11 is 5.51. The number of esters is 2. The topological polar surface area (TPSA) is 148 Å². The van der Waals surface area contributed by atoms with Crippen LogP contribution in [0, 0.1) is 0 Å². The number of halogens is 1. The molecule has 0 aromatic carbocycles. The summed E-state index contributed by atoms with van der Waals surface area (Å²) in [4.78, 5) is 22.8. The summed E-state index contributed by atoms with van der Waals surface area (Å²) in [5, 5.41) is 20.5. The van der Waals surface area contributed by atoms with Crippen LogP contribution in [0.2, 0.25) is 0 Å². The number of rotatable bonds is 17. The smallest absolute Gasteiger partial charge is 0.330 e. The second kappa shape index (κ2) is 17.2. The Hall–Kier alpha value is -1.24. The minimum absolute atomic E-state index is 0.107. The molecule has 1 heterocycles. The fourth-order valence-electron chi connectivity index (χ4n) is 3.43. The first-order valence-corrected chi connectivity index (χ1v) is 13.8. The zero-order valence-corrected chi connectivity index (χ0v) is 21.3. The van der Waals surface area contributed by atoms with E-state index in [9.17, 15) is 28.2 Å². The molecule has 0 radical (unpaired) electrons. The Morgan fingerprint density at radius 1 is 1.09 bits per heavy atom. The van der Waals surface area contributed by atoms with Crippen molar-refractivity contribution >= 4 is 33.6 Å². The molecule has 198 valence electrons. The van der Waals surface area contributed by atoms with Gasteiger partial charge in [0.1, 0.15) is 12.2 Å². The Kier molecular flexibility index (Phi) is 15.6. The Morgan fingerprint density at radius 3 is 2.44 bits per heavy atom. The van der Waals surface area contributed by atoms with Gasteiger partial charge in [0.25, 0.3) is 0 Å². The van der Waals surface area contributed by atoms with Gasteiger partial charge in [-0.05, 0) is 25.7 Å². The third-order valence-corrected chi connectivity index (χ3v) is 7.14. The van der Waals surface area contributed by atoms with Crippen molar-refractivity contribution in [2.75, 3.05) is 32.0 Å². The third kappa shape index (κ3) is 13.0. The normalized spacial score (nSPS) is 23.2. The van der Waals surface area contributed by atoms with Crippen LogP contribution in [-0.2, 0) is 33.8 Å². The molecule has 0 spiro atoms. The number of hydrogen-bond donors (Lipinski definition) is 3. The molecule has 0 aromatic heterocycles. The lowest BCUT2D eigenvalue weighted by molar-refractivity contribution is -0.145. The van der Waals surface area contributed by atoms with E-state index in [4.69, 9.17) is 21.1 Å². The quantitative estimate of drug-likeness (QED) is 0.110. The first-order valence-electron chi connectivity index (χ1n) is 11.6. The molecule has 0 bridgehead atoms. The van der Waals surface area contributed by atoms with E-state index in [1.807, 2.05) is 0 Å². The molecule has 12 heteroatoms. The molecule has 0 aromatic rings.